The standard InChI is InChI=1S/C7H12NO/c1-2-7(9)5-3-4-6-8/h7H,2-5H2,1H3. The van der Waals surface area contributed by atoms with Crippen molar-refractivity contribution in [1.29, 1.82) is 5.26 Å². The van der Waals surface area contributed by atoms with Gasteiger partial charge in [-0.15, -0.1) is 0 Å². The maximum absolute atomic E-state index is 10.7. The van der Waals surface area contributed by atoms with Crippen molar-refractivity contribution < 1.29 is 5.11 Å². The molecule has 51 valence electrons. The zero-order valence-corrected chi connectivity index (χ0v) is 5.76. The first-order valence-corrected chi connectivity index (χ1v) is 3.34. The van der Waals surface area contributed by atoms with Gasteiger partial charge < -0.3 is 0 Å². The Morgan fingerprint density at radius 3 is 2.78 bits per heavy atom. The Hall–Kier alpha value is -0.550. The number of unbranched alkanes of at least 4 members (excludes halogenated alkanes) is 1. The van der Waals surface area contributed by atoms with Gasteiger partial charge in [0.05, 0.1) is 12.2 Å². The minimum atomic E-state index is -0.446. The highest BCUT2D eigenvalue weighted by Gasteiger charge is 2.00. The van der Waals surface area contributed by atoms with Crippen LogP contribution in [0.3, 0.4) is 0 Å². The molecule has 0 saturated heterocycles. The molecule has 0 aliphatic carbocycles. The molecule has 0 fully saturated rings. The fraction of sp³-hybridized carbons (Fsp3) is 0.857. The van der Waals surface area contributed by atoms with Gasteiger partial charge in [-0.25, -0.2) is 5.11 Å². The molecule has 1 radical (unpaired) electrons. The number of nitrogens with zero attached hydrogens (tertiary/aromatic N) is 1. The lowest BCUT2D eigenvalue weighted by molar-refractivity contribution is 0.0765. The third-order valence-corrected chi connectivity index (χ3v) is 1.27. The lowest BCUT2D eigenvalue weighted by Crippen LogP contribution is -2.00. The van der Waals surface area contributed by atoms with E-state index in [1.54, 1.807) is 0 Å². The lowest BCUT2D eigenvalue weighted by Gasteiger charge is -2.00. The summed E-state index contributed by atoms with van der Waals surface area (Å²) in [6.07, 6.45) is 2.19. The van der Waals surface area contributed by atoms with Crippen LogP contribution in [0, 0.1) is 11.3 Å². The summed E-state index contributed by atoms with van der Waals surface area (Å²) in [4.78, 5) is 0. The van der Waals surface area contributed by atoms with E-state index in [4.69, 9.17) is 5.26 Å². The Morgan fingerprint density at radius 1 is 1.67 bits per heavy atom. The fourth-order valence-corrected chi connectivity index (χ4v) is 0.613. The number of rotatable bonds is 4. The highest BCUT2D eigenvalue weighted by Crippen LogP contribution is 2.02. The van der Waals surface area contributed by atoms with Crippen molar-refractivity contribution in [2.45, 2.75) is 38.7 Å². The molecule has 0 aromatic heterocycles. The molecule has 9 heavy (non-hydrogen) atoms. The van der Waals surface area contributed by atoms with Gasteiger partial charge in [-0.2, -0.15) is 5.26 Å². The van der Waals surface area contributed by atoms with E-state index in [1.807, 2.05) is 13.0 Å². The van der Waals surface area contributed by atoms with Crippen LogP contribution in [0.2, 0.25) is 0 Å². The highest BCUT2D eigenvalue weighted by atomic mass is 16.3. The van der Waals surface area contributed by atoms with Crippen molar-refractivity contribution in [3.8, 4) is 6.07 Å². The molecule has 0 aromatic rings. The van der Waals surface area contributed by atoms with Crippen LogP contribution in [0.15, 0.2) is 0 Å². The van der Waals surface area contributed by atoms with Gasteiger partial charge in [-0.05, 0) is 19.3 Å². The van der Waals surface area contributed by atoms with Gasteiger partial charge in [0.1, 0.15) is 0 Å². The molecule has 0 aliphatic heterocycles. The van der Waals surface area contributed by atoms with Gasteiger partial charge >= 0.3 is 0 Å². The van der Waals surface area contributed by atoms with Crippen molar-refractivity contribution in [2.75, 3.05) is 0 Å². The summed E-state index contributed by atoms with van der Waals surface area (Å²) in [6.45, 7) is 1.88. The van der Waals surface area contributed by atoms with Crippen LogP contribution in [0.25, 0.3) is 0 Å². The maximum atomic E-state index is 10.7. The molecule has 2 nitrogen and oxygen atoms in total. The lowest BCUT2D eigenvalue weighted by atomic mass is 10.1. The Bertz CT molecular complexity index is 95.6. The molecular weight excluding hydrogens is 114 g/mol. The quantitative estimate of drug-likeness (QED) is 0.530. The van der Waals surface area contributed by atoms with Crippen molar-refractivity contribution in [2.24, 2.45) is 0 Å². The second-order valence-electron chi connectivity index (χ2n) is 2.08. The van der Waals surface area contributed by atoms with E-state index in [0.717, 1.165) is 6.42 Å². The summed E-state index contributed by atoms with van der Waals surface area (Å²) in [6, 6.07) is 2.01. The average Bonchev–Trinajstić information content (AvgIpc) is 1.89. The van der Waals surface area contributed by atoms with Crippen LogP contribution in [-0.2, 0) is 5.11 Å². The van der Waals surface area contributed by atoms with E-state index >= 15 is 0 Å². The molecule has 0 aliphatic rings. The summed E-state index contributed by atoms with van der Waals surface area (Å²) in [5, 5.41) is 18.8. The third kappa shape index (κ3) is 5.32. The number of hydrogen-bond acceptors (Lipinski definition) is 1. The minimum Gasteiger partial charge on any atom is -0.233 e. The second kappa shape index (κ2) is 5.58. The van der Waals surface area contributed by atoms with Crippen LogP contribution in [0.5, 0.6) is 0 Å². The molecule has 0 bridgehead atoms. The summed E-state index contributed by atoms with van der Waals surface area (Å²) in [5.74, 6) is 0. The van der Waals surface area contributed by atoms with Crippen LogP contribution in [-0.4, -0.2) is 6.10 Å². The van der Waals surface area contributed by atoms with Crippen molar-refractivity contribution in [3.63, 3.8) is 0 Å². The summed E-state index contributed by atoms with van der Waals surface area (Å²) < 4.78 is 0. The monoisotopic (exact) mass is 126 g/mol. The summed E-state index contributed by atoms with van der Waals surface area (Å²) in [5.41, 5.74) is 0. The van der Waals surface area contributed by atoms with Gasteiger partial charge in [0.25, 0.3) is 0 Å². The van der Waals surface area contributed by atoms with Gasteiger partial charge in [-0.3, -0.25) is 0 Å². The van der Waals surface area contributed by atoms with Crippen LogP contribution in [0.1, 0.15) is 32.6 Å². The van der Waals surface area contributed by atoms with Gasteiger partial charge in [-0.1, -0.05) is 6.92 Å². The Kier molecular flexibility index (Phi) is 5.24. The molecule has 0 spiro atoms. The van der Waals surface area contributed by atoms with Gasteiger partial charge in [0, 0.05) is 6.42 Å². The first-order valence-electron chi connectivity index (χ1n) is 3.34. The molecule has 0 saturated carbocycles. The van der Waals surface area contributed by atoms with E-state index in [1.165, 1.54) is 0 Å². The number of hydrogen-bond donors (Lipinski definition) is 0. The first-order chi connectivity index (χ1) is 4.31. The smallest absolute Gasteiger partial charge is 0.0927 e. The van der Waals surface area contributed by atoms with Gasteiger partial charge in [0.2, 0.25) is 0 Å². The summed E-state index contributed by atoms with van der Waals surface area (Å²) >= 11 is 0. The largest absolute Gasteiger partial charge is 0.233 e. The SMILES string of the molecule is CCC([O])CCCC#N. The van der Waals surface area contributed by atoms with E-state index in [2.05, 4.69) is 0 Å². The molecule has 1 atom stereocenters. The molecule has 0 rings (SSSR count). The normalized spacial score (nSPS) is 12.6. The predicted octanol–water partition coefficient (Wildman–Crippen LogP) is 1.89. The minimum absolute atomic E-state index is 0.446. The molecule has 0 aromatic carbocycles. The van der Waals surface area contributed by atoms with Crippen LogP contribution in [0.4, 0.5) is 0 Å². The average molecular weight is 126 g/mol. The van der Waals surface area contributed by atoms with Crippen LogP contribution < -0.4 is 0 Å². The third-order valence-electron chi connectivity index (χ3n) is 1.27. The zero-order chi connectivity index (χ0) is 7.11. The van der Waals surface area contributed by atoms with Crippen molar-refractivity contribution >= 4 is 0 Å². The Labute approximate surface area is 56.1 Å². The molecule has 2 heteroatoms. The van der Waals surface area contributed by atoms with E-state index in [9.17, 15) is 5.11 Å². The second-order valence-corrected chi connectivity index (χ2v) is 2.08. The summed E-state index contributed by atoms with van der Waals surface area (Å²) in [7, 11) is 0. The van der Waals surface area contributed by atoms with E-state index in [-0.39, 0.29) is 0 Å². The molecule has 0 amide bonds. The fourth-order valence-electron chi connectivity index (χ4n) is 0.613. The first kappa shape index (κ1) is 8.45. The highest BCUT2D eigenvalue weighted by molar-refractivity contribution is 4.69. The van der Waals surface area contributed by atoms with Crippen LogP contribution >= 0.6 is 0 Å². The Morgan fingerprint density at radius 2 is 2.33 bits per heavy atom. The van der Waals surface area contributed by atoms with Crippen molar-refractivity contribution in [1.82, 2.24) is 0 Å². The van der Waals surface area contributed by atoms with Gasteiger partial charge in [0.15, 0.2) is 0 Å². The molecular formula is C7H12NO. The number of nitriles is 1. The Balaban J connectivity index is 2.99. The predicted molar refractivity (Wildman–Crippen MR) is 34.2 cm³/mol. The molecule has 1 unspecified atom stereocenters. The van der Waals surface area contributed by atoms with E-state index in [0.29, 0.717) is 19.3 Å². The topological polar surface area (TPSA) is 43.7 Å². The van der Waals surface area contributed by atoms with Crippen molar-refractivity contribution in [3.05, 3.63) is 0 Å². The zero-order valence-electron chi connectivity index (χ0n) is 5.76. The molecule has 0 N–H and O–H groups in total. The van der Waals surface area contributed by atoms with E-state index < -0.39 is 6.10 Å². The molecule has 0 heterocycles. The maximum Gasteiger partial charge on any atom is 0.0927 e.